The van der Waals surface area contributed by atoms with E-state index >= 15 is 0 Å². The number of carbonyl (C=O) groups is 1. The fourth-order valence-electron chi connectivity index (χ4n) is 1.96. The molecule has 0 bridgehead atoms. The minimum Gasteiger partial charge on any atom is -0.479 e. The van der Waals surface area contributed by atoms with E-state index in [0.717, 1.165) is 0 Å². The Kier molecular flexibility index (Phi) is 4.33. The van der Waals surface area contributed by atoms with Crippen molar-refractivity contribution in [2.24, 2.45) is 0 Å². The van der Waals surface area contributed by atoms with Crippen LogP contribution >= 0.6 is 0 Å². The first kappa shape index (κ1) is 16.8. The number of halogens is 6. The van der Waals surface area contributed by atoms with E-state index in [2.05, 4.69) is 0 Å². The molecule has 0 amide bonds. The van der Waals surface area contributed by atoms with Crippen LogP contribution in [0.4, 0.5) is 26.3 Å². The molecule has 23 heavy (non-hydrogen) atoms. The van der Waals surface area contributed by atoms with Crippen molar-refractivity contribution >= 4 is 5.97 Å². The third kappa shape index (κ3) is 2.74. The summed E-state index contributed by atoms with van der Waals surface area (Å²) >= 11 is 0. The highest BCUT2D eigenvalue weighted by Crippen LogP contribution is 2.36. The number of benzene rings is 2. The van der Waals surface area contributed by atoms with Crippen molar-refractivity contribution in [3.63, 3.8) is 0 Å². The van der Waals surface area contributed by atoms with Gasteiger partial charge in [0.05, 0.1) is 5.56 Å². The van der Waals surface area contributed by atoms with Crippen LogP contribution in [-0.4, -0.2) is 16.2 Å². The summed E-state index contributed by atoms with van der Waals surface area (Å²) in [5.41, 5.74) is -3.23. The van der Waals surface area contributed by atoms with Gasteiger partial charge in [0, 0.05) is 0 Å². The van der Waals surface area contributed by atoms with Gasteiger partial charge in [0.2, 0.25) is 5.82 Å². The Hall–Kier alpha value is -2.55. The molecule has 122 valence electrons. The molecule has 9 heteroatoms. The molecule has 0 fully saturated rings. The van der Waals surface area contributed by atoms with Crippen molar-refractivity contribution in [3.8, 4) is 11.1 Å². The van der Waals surface area contributed by atoms with Gasteiger partial charge >= 0.3 is 5.97 Å². The maximum atomic E-state index is 13.8. The highest BCUT2D eigenvalue weighted by atomic mass is 19.2. The molecular weight excluding hydrogens is 330 g/mol. The van der Waals surface area contributed by atoms with Crippen molar-refractivity contribution in [2.75, 3.05) is 0 Å². The minimum atomic E-state index is -2.42. The first-order chi connectivity index (χ1) is 10.7. The molecule has 0 aromatic heterocycles. The van der Waals surface area contributed by atoms with Gasteiger partial charge in [-0.3, -0.25) is 0 Å². The zero-order valence-corrected chi connectivity index (χ0v) is 10.9. The molecule has 3 nitrogen and oxygen atoms in total. The molecule has 0 saturated carbocycles. The maximum Gasteiger partial charge on any atom is 0.337 e. The number of carboxylic acid groups (broad SMARTS) is 1. The first-order valence-corrected chi connectivity index (χ1v) is 5.89. The van der Waals surface area contributed by atoms with E-state index < -0.39 is 63.7 Å². The maximum absolute atomic E-state index is 13.8. The van der Waals surface area contributed by atoms with Crippen LogP contribution in [0.2, 0.25) is 0 Å². The van der Waals surface area contributed by atoms with Crippen LogP contribution in [0, 0.1) is 34.9 Å². The van der Waals surface area contributed by atoms with Crippen molar-refractivity contribution in [2.45, 2.75) is 6.10 Å². The molecule has 0 aliphatic heterocycles. The largest absolute Gasteiger partial charge is 0.479 e. The zero-order chi connectivity index (χ0) is 17.5. The number of hydrogen-bond acceptors (Lipinski definition) is 2. The van der Waals surface area contributed by atoms with Crippen molar-refractivity contribution in [1.29, 1.82) is 0 Å². The Morgan fingerprint density at radius 1 is 0.870 bits per heavy atom. The predicted octanol–water partition coefficient (Wildman–Crippen LogP) is 3.31. The summed E-state index contributed by atoms with van der Waals surface area (Å²) < 4.78 is 80.4. The van der Waals surface area contributed by atoms with E-state index in [1.54, 1.807) is 0 Å². The zero-order valence-electron chi connectivity index (χ0n) is 10.9. The van der Waals surface area contributed by atoms with Gasteiger partial charge in [-0.1, -0.05) is 6.07 Å². The van der Waals surface area contributed by atoms with E-state index in [4.69, 9.17) is 5.11 Å². The lowest BCUT2D eigenvalue weighted by Crippen LogP contribution is -2.13. The van der Waals surface area contributed by atoms with Crippen LogP contribution in [0.15, 0.2) is 18.2 Å². The monoisotopic (exact) mass is 336 g/mol. The lowest BCUT2D eigenvalue weighted by molar-refractivity contribution is -0.146. The molecule has 2 aromatic carbocycles. The van der Waals surface area contributed by atoms with E-state index in [9.17, 15) is 36.2 Å². The normalized spacial score (nSPS) is 12.3. The number of hydrogen-bond donors (Lipinski definition) is 2. The number of aliphatic carboxylic acids is 1. The van der Waals surface area contributed by atoms with E-state index in [1.807, 2.05) is 0 Å². The number of rotatable bonds is 3. The second-order valence-electron chi connectivity index (χ2n) is 4.42. The molecule has 0 radical (unpaired) electrons. The second kappa shape index (κ2) is 5.92. The predicted molar refractivity (Wildman–Crippen MR) is 64.2 cm³/mol. The lowest BCUT2D eigenvalue weighted by atomic mass is 9.94. The van der Waals surface area contributed by atoms with Crippen LogP contribution in [0.1, 0.15) is 11.7 Å². The van der Waals surface area contributed by atoms with Crippen LogP contribution in [-0.2, 0) is 4.79 Å². The SMILES string of the molecule is O=C(O)C(O)c1ccc(F)cc1-c1c(F)c(F)c(F)c(F)c1F. The van der Waals surface area contributed by atoms with Crippen LogP contribution in [0.25, 0.3) is 11.1 Å². The minimum absolute atomic E-state index is 0.361. The van der Waals surface area contributed by atoms with Gasteiger partial charge in [-0.15, -0.1) is 0 Å². The standard InChI is InChI=1S/C14H6F6O3/c15-4-1-2-5(13(21)14(22)23)6(3-4)7-8(16)10(18)12(20)11(19)9(7)17/h1-3,13,21H,(H,22,23). The second-order valence-corrected chi connectivity index (χ2v) is 4.42. The molecule has 0 heterocycles. The molecule has 0 saturated heterocycles. The van der Waals surface area contributed by atoms with Crippen molar-refractivity contribution in [1.82, 2.24) is 0 Å². The fraction of sp³-hybridized carbons (Fsp3) is 0.0714. The molecule has 0 aliphatic rings. The average Bonchev–Trinajstić information content (AvgIpc) is 2.50. The van der Waals surface area contributed by atoms with Crippen molar-refractivity contribution in [3.05, 3.63) is 58.7 Å². The summed E-state index contributed by atoms with van der Waals surface area (Å²) in [6.45, 7) is 0. The first-order valence-electron chi connectivity index (χ1n) is 5.89. The quantitative estimate of drug-likeness (QED) is 0.514. The molecule has 1 atom stereocenters. The van der Waals surface area contributed by atoms with E-state index in [1.165, 1.54) is 0 Å². The smallest absolute Gasteiger partial charge is 0.337 e. The van der Waals surface area contributed by atoms with Crippen LogP contribution in [0.3, 0.4) is 0 Å². The summed E-state index contributed by atoms with van der Waals surface area (Å²) in [5, 5.41) is 18.2. The van der Waals surface area contributed by atoms with Crippen molar-refractivity contribution < 1.29 is 41.4 Å². The summed E-state index contributed by atoms with van der Waals surface area (Å²) in [4.78, 5) is 10.8. The summed E-state index contributed by atoms with van der Waals surface area (Å²) in [6.07, 6.45) is -2.36. The highest BCUT2D eigenvalue weighted by molar-refractivity contribution is 5.80. The van der Waals surface area contributed by atoms with Crippen LogP contribution in [0.5, 0.6) is 0 Å². The van der Waals surface area contributed by atoms with Crippen LogP contribution < -0.4 is 0 Å². The van der Waals surface area contributed by atoms with Gasteiger partial charge in [-0.2, -0.15) is 0 Å². The summed E-state index contributed by atoms with van der Waals surface area (Å²) in [7, 11) is 0. The average molecular weight is 336 g/mol. The lowest BCUT2D eigenvalue weighted by Gasteiger charge is -2.15. The molecule has 0 aliphatic carbocycles. The van der Waals surface area contributed by atoms with Gasteiger partial charge in [-0.05, 0) is 23.3 Å². The highest BCUT2D eigenvalue weighted by Gasteiger charge is 2.30. The van der Waals surface area contributed by atoms with Gasteiger partial charge in [0.1, 0.15) is 5.82 Å². The Morgan fingerprint density at radius 2 is 1.35 bits per heavy atom. The van der Waals surface area contributed by atoms with Gasteiger partial charge in [0.15, 0.2) is 29.4 Å². The third-order valence-corrected chi connectivity index (χ3v) is 3.02. The molecule has 2 aromatic rings. The topological polar surface area (TPSA) is 57.5 Å². The molecule has 2 N–H and O–H groups in total. The summed E-state index contributed by atoms with van der Waals surface area (Å²) in [5.74, 6) is -14.5. The Balaban J connectivity index is 2.88. The van der Waals surface area contributed by atoms with E-state index in [-0.39, 0.29) is 0 Å². The Morgan fingerprint density at radius 3 is 1.83 bits per heavy atom. The number of carboxylic acids is 1. The molecule has 0 spiro atoms. The van der Waals surface area contributed by atoms with Gasteiger partial charge in [-0.25, -0.2) is 31.1 Å². The third-order valence-electron chi connectivity index (χ3n) is 3.02. The van der Waals surface area contributed by atoms with E-state index in [0.29, 0.717) is 18.2 Å². The molecular formula is C14H6F6O3. The Labute approximate surface area is 124 Å². The fourth-order valence-corrected chi connectivity index (χ4v) is 1.96. The number of aliphatic hydroxyl groups is 1. The summed E-state index contributed by atoms with van der Waals surface area (Å²) in [6, 6.07) is 1.69. The molecule has 2 rings (SSSR count). The molecule has 1 unspecified atom stereocenters. The Bertz CT molecular complexity index is 777. The van der Waals surface area contributed by atoms with Gasteiger partial charge in [0.25, 0.3) is 0 Å². The number of aliphatic hydroxyl groups excluding tert-OH is 1. The van der Waals surface area contributed by atoms with Gasteiger partial charge < -0.3 is 10.2 Å².